The van der Waals surface area contributed by atoms with Gasteiger partial charge in [-0.15, -0.1) is 0 Å². The third kappa shape index (κ3) is 4.90. The number of rotatable bonds is 5. The average molecular weight is 406 g/mol. The lowest BCUT2D eigenvalue weighted by molar-refractivity contribution is -0.122. The van der Waals surface area contributed by atoms with E-state index in [2.05, 4.69) is 42.5 Å². The fourth-order valence-electron chi connectivity index (χ4n) is 1.79. The standard InChI is InChI=1S/C14H18Br2N2O2/c1-8(2)6-12(14(20)17-3)18-13(19)10-5-4-9(15)7-11(10)16/h4-5,7-8,12H,6H2,1-3H3,(H,17,20)(H,18,19). The molecule has 4 nitrogen and oxygen atoms in total. The van der Waals surface area contributed by atoms with Gasteiger partial charge in [0.1, 0.15) is 6.04 Å². The molecule has 1 atom stereocenters. The highest BCUT2D eigenvalue weighted by Crippen LogP contribution is 2.22. The van der Waals surface area contributed by atoms with Crippen molar-refractivity contribution in [2.75, 3.05) is 7.05 Å². The van der Waals surface area contributed by atoms with Crippen molar-refractivity contribution in [3.05, 3.63) is 32.7 Å². The van der Waals surface area contributed by atoms with Gasteiger partial charge in [0, 0.05) is 16.0 Å². The molecule has 1 aromatic carbocycles. The number of nitrogens with one attached hydrogen (secondary N) is 2. The lowest BCUT2D eigenvalue weighted by atomic mass is 10.0. The number of benzene rings is 1. The minimum absolute atomic E-state index is 0.180. The van der Waals surface area contributed by atoms with Crippen molar-refractivity contribution in [3.8, 4) is 0 Å². The molecule has 0 aliphatic rings. The van der Waals surface area contributed by atoms with Gasteiger partial charge in [-0.25, -0.2) is 0 Å². The van der Waals surface area contributed by atoms with Gasteiger partial charge in [-0.2, -0.15) is 0 Å². The molecular formula is C14H18Br2N2O2. The van der Waals surface area contributed by atoms with Crippen LogP contribution in [0.4, 0.5) is 0 Å². The third-order valence-electron chi connectivity index (χ3n) is 2.75. The van der Waals surface area contributed by atoms with E-state index in [9.17, 15) is 9.59 Å². The molecule has 0 radical (unpaired) electrons. The summed E-state index contributed by atoms with van der Waals surface area (Å²) in [6.07, 6.45) is 0.597. The number of carbonyl (C=O) groups is 2. The highest BCUT2D eigenvalue weighted by molar-refractivity contribution is 9.11. The van der Waals surface area contributed by atoms with Gasteiger partial charge in [0.15, 0.2) is 0 Å². The highest BCUT2D eigenvalue weighted by Gasteiger charge is 2.22. The van der Waals surface area contributed by atoms with Crippen LogP contribution in [-0.4, -0.2) is 24.9 Å². The van der Waals surface area contributed by atoms with E-state index < -0.39 is 6.04 Å². The van der Waals surface area contributed by atoms with Crippen LogP contribution >= 0.6 is 31.9 Å². The second-order valence-electron chi connectivity index (χ2n) is 4.89. The van der Waals surface area contributed by atoms with E-state index in [0.29, 0.717) is 22.4 Å². The Morgan fingerprint density at radius 2 is 1.90 bits per heavy atom. The minimum Gasteiger partial charge on any atom is -0.357 e. The van der Waals surface area contributed by atoms with Gasteiger partial charge in [0.25, 0.3) is 5.91 Å². The maximum Gasteiger partial charge on any atom is 0.253 e. The second kappa shape index (κ2) is 7.78. The summed E-state index contributed by atoms with van der Waals surface area (Å²) in [6.45, 7) is 4.02. The molecule has 20 heavy (non-hydrogen) atoms. The summed E-state index contributed by atoms with van der Waals surface area (Å²) in [6, 6.07) is 4.77. The Bertz CT molecular complexity index is 504. The summed E-state index contributed by atoms with van der Waals surface area (Å²) in [5.41, 5.74) is 0.505. The van der Waals surface area contributed by atoms with Gasteiger partial charge in [-0.3, -0.25) is 9.59 Å². The van der Waals surface area contributed by atoms with Crippen LogP contribution in [0.1, 0.15) is 30.6 Å². The Hall–Kier alpha value is -0.880. The van der Waals surface area contributed by atoms with Crippen LogP contribution in [0.2, 0.25) is 0 Å². The molecule has 0 fully saturated rings. The van der Waals surface area contributed by atoms with Crippen molar-refractivity contribution in [2.45, 2.75) is 26.3 Å². The van der Waals surface area contributed by atoms with Crippen molar-refractivity contribution < 1.29 is 9.59 Å². The zero-order chi connectivity index (χ0) is 15.3. The topological polar surface area (TPSA) is 58.2 Å². The van der Waals surface area contributed by atoms with Gasteiger partial charge in [-0.1, -0.05) is 29.8 Å². The molecule has 0 aliphatic carbocycles. The van der Waals surface area contributed by atoms with Gasteiger partial charge in [0.05, 0.1) is 5.56 Å². The van der Waals surface area contributed by atoms with Gasteiger partial charge < -0.3 is 10.6 Å². The summed E-state index contributed by atoms with van der Waals surface area (Å²) >= 11 is 6.69. The van der Waals surface area contributed by atoms with E-state index in [0.717, 1.165) is 4.47 Å². The van der Waals surface area contributed by atoms with E-state index >= 15 is 0 Å². The molecule has 6 heteroatoms. The molecule has 0 saturated heterocycles. The fraction of sp³-hybridized carbons (Fsp3) is 0.429. The van der Waals surface area contributed by atoms with E-state index in [4.69, 9.17) is 0 Å². The Morgan fingerprint density at radius 1 is 1.25 bits per heavy atom. The molecule has 1 unspecified atom stereocenters. The Balaban J connectivity index is 2.87. The summed E-state index contributed by atoms with van der Waals surface area (Å²) in [5.74, 6) is -0.134. The zero-order valence-electron chi connectivity index (χ0n) is 11.7. The van der Waals surface area contributed by atoms with Crippen LogP contribution in [0, 0.1) is 5.92 Å². The number of likely N-dealkylation sites (N-methyl/N-ethyl adjacent to an activating group) is 1. The SMILES string of the molecule is CNC(=O)C(CC(C)C)NC(=O)c1ccc(Br)cc1Br. The first kappa shape index (κ1) is 17.2. The number of halogens is 2. The molecule has 2 N–H and O–H groups in total. The van der Waals surface area contributed by atoms with E-state index in [1.807, 2.05) is 13.8 Å². The summed E-state index contributed by atoms with van der Waals surface area (Å²) in [7, 11) is 1.57. The molecule has 0 aromatic heterocycles. The third-order valence-corrected chi connectivity index (χ3v) is 3.90. The Labute approximate surface area is 136 Å². The predicted octanol–water partition coefficient (Wildman–Crippen LogP) is 3.10. The maximum absolute atomic E-state index is 12.3. The largest absolute Gasteiger partial charge is 0.357 e. The first-order chi connectivity index (χ1) is 9.35. The number of hydrogen-bond acceptors (Lipinski definition) is 2. The molecule has 0 heterocycles. The van der Waals surface area contributed by atoms with Crippen molar-refractivity contribution in [3.63, 3.8) is 0 Å². The van der Waals surface area contributed by atoms with Crippen LogP contribution < -0.4 is 10.6 Å². The molecule has 1 rings (SSSR count). The molecule has 0 bridgehead atoms. The number of amides is 2. The summed E-state index contributed by atoms with van der Waals surface area (Å²) < 4.78 is 1.57. The van der Waals surface area contributed by atoms with Crippen molar-refractivity contribution >= 4 is 43.7 Å². The molecule has 2 amide bonds. The van der Waals surface area contributed by atoms with E-state index in [1.54, 1.807) is 25.2 Å². The quantitative estimate of drug-likeness (QED) is 0.790. The van der Waals surface area contributed by atoms with Crippen molar-refractivity contribution in [2.24, 2.45) is 5.92 Å². The molecule has 0 spiro atoms. The number of carbonyl (C=O) groups excluding carboxylic acids is 2. The van der Waals surface area contributed by atoms with Gasteiger partial charge in [-0.05, 0) is 46.5 Å². The fourth-order valence-corrected chi connectivity index (χ4v) is 3.01. The zero-order valence-corrected chi connectivity index (χ0v) is 14.8. The van der Waals surface area contributed by atoms with Crippen LogP contribution in [0.15, 0.2) is 27.1 Å². The van der Waals surface area contributed by atoms with Crippen LogP contribution in [0.3, 0.4) is 0 Å². The summed E-state index contributed by atoms with van der Waals surface area (Å²) in [4.78, 5) is 24.1. The first-order valence-corrected chi connectivity index (χ1v) is 7.91. The van der Waals surface area contributed by atoms with Crippen LogP contribution in [-0.2, 0) is 4.79 Å². The normalized spacial score (nSPS) is 12.1. The van der Waals surface area contributed by atoms with Gasteiger partial charge >= 0.3 is 0 Å². The average Bonchev–Trinajstić information content (AvgIpc) is 2.36. The molecule has 110 valence electrons. The number of hydrogen-bond donors (Lipinski definition) is 2. The first-order valence-electron chi connectivity index (χ1n) is 6.32. The minimum atomic E-state index is -0.525. The molecule has 0 aliphatic heterocycles. The van der Waals surface area contributed by atoms with Crippen LogP contribution in [0.5, 0.6) is 0 Å². The van der Waals surface area contributed by atoms with E-state index in [1.165, 1.54) is 0 Å². The summed E-state index contributed by atoms with van der Waals surface area (Å²) in [5, 5.41) is 5.36. The Kier molecular flexibility index (Phi) is 6.68. The van der Waals surface area contributed by atoms with Crippen molar-refractivity contribution in [1.29, 1.82) is 0 Å². The molecule has 0 saturated carbocycles. The molecular weight excluding hydrogens is 388 g/mol. The monoisotopic (exact) mass is 404 g/mol. The van der Waals surface area contributed by atoms with E-state index in [-0.39, 0.29) is 11.8 Å². The smallest absolute Gasteiger partial charge is 0.253 e. The Morgan fingerprint density at radius 3 is 2.40 bits per heavy atom. The molecule has 1 aromatic rings. The highest BCUT2D eigenvalue weighted by atomic mass is 79.9. The van der Waals surface area contributed by atoms with Gasteiger partial charge in [0.2, 0.25) is 5.91 Å². The maximum atomic E-state index is 12.3. The lowest BCUT2D eigenvalue weighted by Gasteiger charge is -2.19. The van der Waals surface area contributed by atoms with Crippen LogP contribution in [0.25, 0.3) is 0 Å². The lowest BCUT2D eigenvalue weighted by Crippen LogP contribution is -2.46. The second-order valence-corrected chi connectivity index (χ2v) is 6.66. The predicted molar refractivity (Wildman–Crippen MR) is 86.6 cm³/mol. The van der Waals surface area contributed by atoms with Crippen molar-refractivity contribution in [1.82, 2.24) is 10.6 Å².